The van der Waals surface area contributed by atoms with Gasteiger partial charge in [0.05, 0.1) is 0 Å². The van der Waals surface area contributed by atoms with Gasteiger partial charge in [-0.05, 0) is 31.4 Å². The van der Waals surface area contributed by atoms with Gasteiger partial charge in [-0.1, -0.05) is 13.0 Å². The van der Waals surface area contributed by atoms with E-state index in [1.807, 2.05) is 26.2 Å². The summed E-state index contributed by atoms with van der Waals surface area (Å²) in [5.74, 6) is 0. The number of hydrogen-bond acceptors (Lipinski definition) is 2. The molecule has 0 unspecified atom stereocenters. The number of nitrogens with zero attached hydrogens (tertiary/aromatic N) is 1. The van der Waals surface area contributed by atoms with Crippen molar-refractivity contribution in [3.63, 3.8) is 0 Å². The Hall–Kier alpha value is -0.890. The third-order valence-corrected chi connectivity index (χ3v) is 1.95. The summed E-state index contributed by atoms with van der Waals surface area (Å²) < 4.78 is 0. The van der Waals surface area contributed by atoms with Gasteiger partial charge in [0.2, 0.25) is 0 Å². The molecular formula is C10H16N2. The Morgan fingerprint density at radius 1 is 1.42 bits per heavy atom. The molecule has 0 bridgehead atoms. The summed E-state index contributed by atoms with van der Waals surface area (Å²) in [5.41, 5.74) is 8.00. The van der Waals surface area contributed by atoms with E-state index in [0.717, 1.165) is 12.0 Å². The van der Waals surface area contributed by atoms with Gasteiger partial charge in [0, 0.05) is 17.9 Å². The Balaban J connectivity index is 3.02. The molecule has 0 aromatic carbocycles. The standard InChI is InChI=1S/C10H16N2/c1-4-8-5-9(7-12-6-8)10(2,3)11/h5-7H,4,11H2,1-3H3. The van der Waals surface area contributed by atoms with E-state index in [4.69, 9.17) is 5.73 Å². The summed E-state index contributed by atoms with van der Waals surface area (Å²) in [5, 5.41) is 0. The molecule has 1 aromatic rings. The number of nitrogens with two attached hydrogens (primary N) is 1. The van der Waals surface area contributed by atoms with Crippen LogP contribution in [0.5, 0.6) is 0 Å². The second-order valence-corrected chi connectivity index (χ2v) is 3.66. The van der Waals surface area contributed by atoms with Gasteiger partial charge in [0.1, 0.15) is 0 Å². The van der Waals surface area contributed by atoms with Crippen molar-refractivity contribution in [2.24, 2.45) is 5.73 Å². The maximum absolute atomic E-state index is 5.94. The number of hydrogen-bond donors (Lipinski definition) is 1. The molecule has 2 N–H and O–H groups in total. The first-order chi connectivity index (χ1) is 5.54. The van der Waals surface area contributed by atoms with Crippen molar-refractivity contribution >= 4 is 0 Å². The number of aryl methyl sites for hydroxylation is 1. The van der Waals surface area contributed by atoms with Crippen molar-refractivity contribution in [3.05, 3.63) is 29.6 Å². The van der Waals surface area contributed by atoms with Crippen molar-refractivity contribution < 1.29 is 0 Å². The largest absolute Gasteiger partial charge is 0.322 e. The minimum Gasteiger partial charge on any atom is -0.322 e. The summed E-state index contributed by atoms with van der Waals surface area (Å²) in [6.07, 6.45) is 4.73. The third kappa shape index (κ3) is 2.05. The highest BCUT2D eigenvalue weighted by Gasteiger charge is 2.13. The zero-order valence-electron chi connectivity index (χ0n) is 7.96. The van der Waals surface area contributed by atoms with E-state index in [0.29, 0.717) is 0 Å². The molecule has 0 saturated carbocycles. The summed E-state index contributed by atoms with van der Waals surface area (Å²) in [4.78, 5) is 4.14. The Labute approximate surface area is 73.8 Å². The molecule has 0 fully saturated rings. The molecule has 1 rings (SSSR count). The predicted molar refractivity (Wildman–Crippen MR) is 50.8 cm³/mol. The van der Waals surface area contributed by atoms with Gasteiger partial charge >= 0.3 is 0 Å². The summed E-state index contributed by atoms with van der Waals surface area (Å²) in [7, 11) is 0. The number of pyridine rings is 1. The van der Waals surface area contributed by atoms with Gasteiger partial charge in [-0.15, -0.1) is 0 Å². The van der Waals surface area contributed by atoms with Crippen molar-refractivity contribution in [1.29, 1.82) is 0 Å². The molecule has 0 aliphatic rings. The fourth-order valence-corrected chi connectivity index (χ4v) is 1.03. The first-order valence-corrected chi connectivity index (χ1v) is 4.27. The van der Waals surface area contributed by atoms with E-state index in [-0.39, 0.29) is 5.54 Å². The molecule has 0 radical (unpaired) electrons. The van der Waals surface area contributed by atoms with Gasteiger partial charge in [-0.3, -0.25) is 4.98 Å². The van der Waals surface area contributed by atoms with E-state index in [1.165, 1.54) is 5.56 Å². The van der Waals surface area contributed by atoms with E-state index < -0.39 is 0 Å². The first kappa shape index (κ1) is 9.20. The second kappa shape index (κ2) is 3.23. The molecule has 0 amide bonds. The molecule has 2 heteroatoms. The van der Waals surface area contributed by atoms with Crippen LogP contribution in [0.25, 0.3) is 0 Å². The van der Waals surface area contributed by atoms with E-state index >= 15 is 0 Å². The molecule has 0 atom stereocenters. The van der Waals surface area contributed by atoms with Crippen molar-refractivity contribution in [2.45, 2.75) is 32.7 Å². The van der Waals surface area contributed by atoms with Crippen LogP contribution in [-0.4, -0.2) is 4.98 Å². The summed E-state index contributed by atoms with van der Waals surface area (Å²) in [6.45, 7) is 6.09. The molecule has 2 nitrogen and oxygen atoms in total. The molecule has 12 heavy (non-hydrogen) atoms. The van der Waals surface area contributed by atoms with Crippen LogP contribution < -0.4 is 5.73 Å². The quantitative estimate of drug-likeness (QED) is 0.724. The molecule has 0 saturated heterocycles. The molecule has 0 spiro atoms. The Morgan fingerprint density at radius 2 is 2.08 bits per heavy atom. The minimum absolute atomic E-state index is 0.280. The zero-order valence-corrected chi connectivity index (χ0v) is 7.96. The van der Waals surface area contributed by atoms with Gasteiger partial charge in [0.25, 0.3) is 0 Å². The average Bonchev–Trinajstić information content (AvgIpc) is 2.03. The van der Waals surface area contributed by atoms with Crippen LogP contribution >= 0.6 is 0 Å². The smallest absolute Gasteiger partial charge is 0.0367 e. The van der Waals surface area contributed by atoms with Crippen molar-refractivity contribution in [1.82, 2.24) is 4.98 Å². The van der Waals surface area contributed by atoms with Crippen LogP contribution in [-0.2, 0) is 12.0 Å². The van der Waals surface area contributed by atoms with Crippen LogP contribution in [0, 0.1) is 0 Å². The van der Waals surface area contributed by atoms with Gasteiger partial charge in [0.15, 0.2) is 0 Å². The van der Waals surface area contributed by atoms with Crippen molar-refractivity contribution in [3.8, 4) is 0 Å². The third-order valence-electron chi connectivity index (χ3n) is 1.95. The minimum atomic E-state index is -0.280. The maximum Gasteiger partial charge on any atom is 0.0367 e. The number of aromatic nitrogens is 1. The highest BCUT2D eigenvalue weighted by Crippen LogP contribution is 2.16. The molecule has 66 valence electrons. The average molecular weight is 164 g/mol. The Bertz CT molecular complexity index is 261. The van der Waals surface area contributed by atoms with Crippen LogP contribution in [0.3, 0.4) is 0 Å². The summed E-state index contributed by atoms with van der Waals surface area (Å²) in [6, 6.07) is 2.12. The lowest BCUT2D eigenvalue weighted by molar-refractivity contribution is 0.551. The van der Waals surface area contributed by atoms with Crippen LogP contribution in [0.2, 0.25) is 0 Å². The maximum atomic E-state index is 5.94. The Morgan fingerprint density at radius 3 is 2.58 bits per heavy atom. The van der Waals surface area contributed by atoms with Crippen LogP contribution in [0.15, 0.2) is 18.5 Å². The zero-order chi connectivity index (χ0) is 9.19. The topological polar surface area (TPSA) is 38.9 Å². The molecule has 0 aliphatic carbocycles. The fourth-order valence-electron chi connectivity index (χ4n) is 1.03. The normalized spacial score (nSPS) is 11.7. The summed E-state index contributed by atoms with van der Waals surface area (Å²) >= 11 is 0. The second-order valence-electron chi connectivity index (χ2n) is 3.66. The lowest BCUT2D eigenvalue weighted by Gasteiger charge is -2.18. The SMILES string of the molecule is CCc1cncc(C(C)(C)N)c1. The highest BCUT2D eigenvalue weighted by atomic mass is 14.7. The van der Waals surface area contributed by atoms with Gasteiger partial charge in [-0.25, -0.2) is 0 Å². The molecule has 0 aliphatic heterocycles. The monoisotopic (exact) mass is 164 g/mol. The molecule has 1 aromatic heterocycles. The predicted octanol–water partition coefficient (Wildman–Crippen LogP) is 1.84. The Kier molecular flexibility index (Phi) is 2.48. The van der Waals surface area contributed by atoms with E-state index in [9.17, 15) is 0 Å². The van der Waals surface area contributed by atoms with E-state index in [1.54, 1.807) is 0 Å². The van der Waals surface area contributed by atoms with Crippen LogP contribution in [0.1, 0.15) is 31.9 Å². The first-order valence-electron chi connectivity index (χ1n) is 4.27. The van der Waals surface area contributed by atoms with Crippen LogP contribution in [0.4, 0.5) is 0 Å². The van der Waals surface area contributed by atoms with E-state index in [2.05, 4.69) is 18.0 Å². The van der Waals surface area contributed by atoms with Gasteiger partial charge < -0.3 is 5.73 Å². The highest BCUT2D eigenvalue weighted by molar-refractivity contribution is 5.23. The lowest BCUT2D eigenvalue weighted by atomic mass is 9.96. The van der Waals surface area contributed by atoms with Gasteiger partial charge in [-0.2, -0.15) is 0 Å². The molecule has 1 heterocycles. The molecular weight excluding hydrogens is 148 g/mol. The number of rotatable bonds is 2. The van der Waals surface area contributed by atoms with Crippen molar-refractivity contribution in [2.75, 3.05) is 0 Å². The lowest BCUT2D eigenvalue weighted by Crippen LogP contribution is -2.28. The fraction of sp³-hybridized carbons (Fsp3) is 0.500.